The van der Waals surface area contributed by atoms with Crippen molar-refractivity contribution in [1.82, 2.24) is 15.3 Å². The summed E-state index contributed by atoms with van der Waals surface area (Å²) in [5.41, 5.74) is 10.2. The molecular formula is C28H22F2N4O2S. The van der Waals surface area contributed by atoms with Crippen molar-refractivity contribution in [2.45, 2.75) is 19.4 Å². The van der Waals surface area contributed by atoms with Gasteiger partial charge in [0.1, 0.15) is 5.82 Å². The van der Waals surface area contributed by atoms with Crippen LogP contribution in [-0.2, 0) is 17.8 Å². The average Bonchev–Trinajstić information content (AvgIpc) is 3.37. The second-order valence-corrected chi connectivity index (χ2v) is 9.67. The number of anilines is 1. The molecule has 1 amide bonds. The van der Waals surface area contributed by atoms with Crippen molar-refractivity contribution in [2.24, 2.45) is 5.92 Å². The molecule has 1 atom stereocenters. The summed E-state index contributed by atoms with van der Waals surface area (Å²) in [5.74, 6) is -2.89. The minimum absolute atomic E-state index is 0.0809. The first kappa shape index (κ1) is 24.5. The number of amides is 1. The Hall–Kier alpha value is -4.24. The fourth-order valence-corrected chi connectivity index (χ4v) is 4.99. The van der Waals surface area contributed by atoms with Crippen molar-refractivity contribution in [3.8, 4) is 0 Å². The zero-order chi connectivity index (χ0) is 25.9. The van der Waals surface area contributed by atoms with Gasteiger partial charge in [0.05, 0.1) is 15.7 Å². The molecule has 186 valence electrons. The molecule has 0 unspecified atom stereocenters. The number of nitrogens with zero attached hydrogens (tertiary/aromatic N) is 2. The van der Waals surface area contributed by atoms with Crippen LogP contribution in [0.4, 0.5) is 14.6 Å². The highest BCUT2D eigenvalue weighted by atomic mass is 32.1. The van der Waals surface area contributed by atoms with Gasteiger partial charge >= 0.3 is 0 Å². The van der Waals surface area contributed by atoms with E-state index in [1.165, 1.54) is 17.4 Å². The molecule has 0 spiro atoms. The highest BCUT2D eigenvalue weighted by molar-refractivity contribution is 7.16. The molecule has 0 bridgehead atoms. The van der Waals surface area contributed by atoms with Crippen molar-refractivity contribution in [3.63, 3.8) is 0 Å². The van der Waals surface area contributed by atoms with Crippen molar-refractivity contribution in [1.29, 1.82) is 0 Å². The third kappa shape index (κ3) is 5.46. The highest BCUT2D eigenvalue weighted by Crippen LogP contribution is 2.24. The maximum absolute atomic E-state index is 13.8. The van der Waals surface area contributed by atoms with Gasteiger partial charge in [0.25, 0.3) is 0 Å². The smallest absolute Gasteiger partial charge is 0.224 e. The van der Waals surface area contributed by atoms with Crippen molar-refractivity contribution < 1.29 is 18.4 Å². The van der Waals surface area contributed by atoms with Crippen molar-refractivity contribution in [3.05, 3.63) is 101 Å². The Morgan fingerprint density at radius 3 is 2.62 bits per heavy atom. The zero-order valence-electron chi connectivity index (χ0n) is 19.6. The predicted molar refractivity (Wildman–Crippen MR) is 140 cm³/mol. The molecule has 5 aromatic rings. The van der Waals surface area contributed by atoms with Gasteiger partial charge < -0.3 is 11.1 Å². The first-order valence-electron chi connectivity index (χ1n) is 11.6. The van der Waals surface area contributed by atoms with Gasteiger partial charge in [-0.05, 0) is 65.4 Å². The number of rotatable bonds is 8. The van der Waals surface area contributed by atoms with Crippen molar-refractivity contribution >= 4 is 49.8 Å². The van der Waals surface area contributed by atoms with Gasteiger partial charge in [0.2, 0.25) is 5.91 Å². The summed E-state index contributed by atoms with van der Waals surface area (Å²) in [5, 5.41) is 4.60. The Morgan fingerprint density at radius 1 is 0.946 bits per heavy atom. The van der Waals surface area contributed by atoms with E-state index >= 15 is 0 Å². The molecule has 3 aromatic carbocycles. The third-order valence-electron chi connectivity index (χ3n) is 6.25. The second kappa shape index (κ2) is 10.4. The average molecular weight is 517 g/mol. The Kier molecular flexibility index (Phi) is 6.87. The maximum atomic E-state index is 13.8. The van der Waals surface area contributed by atoms with Crippen LogP contribution in [0.5, 0.6) is 0 Å². The standard InChI is InChI=1S/C28H22F2N4O2S/c29-22-5-2-16(11-23(22)30)9-20(12-25(35)19-3-6-24-26(13-19)37-15-34-24)28(36)33-14-17-1-4-21-18(10-17)7-8-32-27(21)31/h1-8,10-11,13,15,20H,9,12,14H2,(H2,31,32)(H,33,36)/t20-/m1/s1. The Morgan fingerprint density at radius 2 is 1.78 bits per heavy atom. The Labute approximate surface area is 215 Å². The molecule has 0 radical (unpaired) electrons. The predicted octanol–water partition coefficient (Wildman–Crippen LogP) is 5.45. The number of hydrogen-bond donors (Lipinski definition) is 2. The van der Waals surface area contributed by atoms with Crippen LogP contribution in [0.1, 0.15) is 27.9 Å². The van der Waals surface area contributed by atoms with E-state index in [0.29, 0.717) is 16.9 Å². The van der Waals surface area contributed by atoms with Crippen LogP contribution in [-0.4, -0.2) is 21.7 Å². The van der Waals surface area contributed by atoms with Crippen LogP contribution in [0, 0.1) is 17.6 Å². The molecule has 0 aliphatic carbocycles. The normalized spacial score (nSPS) is 12.1. The summed E-state index contributed by atoms with van der Waals surface area (Å²) >= 11 is 1.43. The number of fused-ring (bicyclic) bond motifs is 2. The number of nitrogens with one attached hydrogen (secondary N) is 1. The van der Waals surface area contributed by atoms with E-state index in [1.54, 1.807) is 29.9 Å². The molecule has 0 aliphatic heterocycles. The van der Waals surface area contributed by atoms with E-state index in [9.17, 15) is 18.4 Å². The molecule has 0 aliphatic rings. The number of halogens is 2. The summed E-state index contributed by atoms with van der Waals surface area (Å²) in [6, 6.07) is 16.2. The first-order chi connectivity index (χ1) is 17.9. The Bertz CT molecular complexity index is 1640. The van der Waals surface area contributed by atoms with Crippen LogP contribution in [0.25, 0.3) is 21.0 Å². The molecule has 9 heteroatoms. The number of ketones is 1. The van der Waals surface area contributed by atoms with Crippen LogP contribution in [0.15, 0.2) is 72.4 Å². The lowest BCUT2D eigenvalue weighted by Gasteiger charge is -2.17. The highest BCUT2D eigenvalue weighted by Gasteiger charge is 2.24. The molecule has 6 nitrogen and oxygen atoms in total. The van der Waals surface area contributed by atoms with E-state index in [1.807, 2.05) is 24.3 Å². The number of carbonyl (C=O) groups is 2. The lowest BCUT2D eigenvalue weighted by molar-refractivity contribution is -0.125. The number of aromatic nitrogens is 2. The number of pyridine rings is 1. The van der Waals surface area contributed by atoms with Gasteiger partial charge in [-0.1, -0.05) is 18.2 Å². The minimum Gasteiger partial charge on any atom is -0.383 e. The van der Waals surface area contributed by atoms with E-state index < -0.39 is 17.6 Å². The Balaban J connectivity index is 1.35. The number of thiazole rings is 1. The number of Topliss-reactive ketones (excluding diaryl/α,β-unsaturated/α-hetero) is 1. The number of carbonyl (C=O) groups excluding carboxylic acids is 2. The fourth-order valence-electron chi connectivity index (χ4n) is 4.27. The largest absolute Gasteiger partial charge is 0.383 e. The minimum atomic E-state index is -0.997. The number of nitrogen functional groups attached to an aromatic ring is 1. The second-order valence-electron chi connectivity index (χ2n) is 8.78. The van der Waals surface area contributed by atoms with E-state index in [0.717, 1.165) is 38.7 Å². The molecule has 0 fully saturated rings. The van der Waals surface area contributed by atoms with E-state index in [-0.39, 0.29) is 31.1 Å². The van der Waals surface area contributed by atoms with E-state index in [4.69, 9.17) is 5.73 Å². The SMILES string of the molecule is Nc1nccc2cc(CNC(=O)[C@@H](CC(=O)c3ccc4ncsc4c3)Cc3ccc(F)c(F)c3)ccc12. The lowest BCUT2D eigenvalue weighted by atomic mass is 9.91. The number of nitrogens with two attached hydrogens (primary N) is 1. The van der Waals surface area contributed by atoms with Crippen LogP contribution in [0.3, 0.4) is 0 Å². The molecule has 0 saturated heterocycles. The fraction of sp³-hybridized carbons (Fsp3) is 0.143. The number of benzene rings is 3. The zero-order valence-corrected chi connectivity index (χ0v) is 20.4. The molecular weight excluding hydrogens is 494 g/mol. The maximum Gasteiger partial charge on any atom is 0.224 e. The summed E-state index contributed by atoms with van der Waals surface area (Å²) < 4.78 is 28.2. The summed E-state index contributed by atoms with van der Waals surface area (Å²) in [6.07, 6.45) is 1.61. The molecule has 2 aromatic heterocycles. The quantitative estimate of drug-likeness (QED) is 0.267. The first-order valence-corrected chi connectivity index (χ1v) is 12.5. The molecule has 37 heavy (non-hydrogen) atoms. The van der Waals surface area contributed by atoms with Gasteiger partial charge in [0.15, 0.2) is 17.4 Å². The topological polar surface area (TPSA) is 98.0 Å². The van der Waals surface area contributed by atoms with Crippen LogP contribution >= 0.6 is 11.3 Å². The van der Waals surface area contributed by atoms with Crippen molar-refractivity contribution in [2.75, 3.05) is 5.73 Å². The third-order valence-corrected chi connectivity index (χ3v) is 7.04. The lowest BCUT2D eigenvalue weighted by Crippen LogP contribution is -2.33. The van der Waals surface area contributed by atoms with Gasteiger partial charge in [-0.2, -0.15) is 0 Å². The summed E-state index contributed by atoms with van der Waals surface area (Å²) in [7, 11) is 0. The van der Waals surface area contributed by atoms with Gasteiger partial charge in [0, 0.05) is 36.0 Å². The molecule has 5 rings (SSSR count). The van der Waals surface area contributed by atoms with Gasteiger partial charge in [-0.25, -0.2) is 18.7 Å². The monoisotopic (exact) mass is 516 g/mol. The molecule has 3 N–H and O–H groups in total. The summed E-state index contributed by atoms with van der Waals surface area (Å²) in [4.78, 5) is 34.7. The van der Waals surface area contributed by atoms with Crippen LogP contribution < -0.4 is 11.1 Å². The molecule has 0 saturated carbocycles. The molecule has 2 heterocycles. The van der Waals surface area contributed by atoms with Crippen LogP contribution in [0.2, 0.25) is 0 Å². The van der Waals surface area contributed by atoms with Gasteiger partial charge in [-0.15, -0.1) is 11.3 Å². The summed E-state index contributed by atoms with van der Waals surface area (Å²) in [6.45, 7) is 0.228. The number of hydrogen-bond acceptors (Lipinski definition) is 6. The van der Waals surface area contributed by atoms with Gasteiger partial charge in [-0.3, -0.25) is 9.59 Å². The van der Waals surface area contributed by atoms with E-state index in [2.05, 4.69) is 15.3 Å².